The minimum absolute atomic E-state index is 0.112. The number of halogens is 2. The maximum absolute atomic E-state index is 12.8. The van der Waals surface area contributed by atoms with Crippen LogP contribution in [-0.4, -0.2) is 19.1 Å². The number of aromatic nitrogens is 4. The van der Waals surface area contributed by atoms with Gasteiger partial charge in [-0.2, -0.15) is 4.98 Å². The van der Waals surface area contributed by atoms with Crippen molar-refractivity contribution in [3.63, 3.8) is 0 Å². The van der Waals surface area contributed by atoms with Gasteiger partial charge in [-0.15, -0.1) is 0 Å². The second kappa shape index (κ2) is 4.58. The molecule has 0 unspecified atom stereocenters. The summed E-state index contributed by atoms with van der Waals surface area (Å²) in [5.41, 5.74) is 1.47. The first-order valence-corrected chi connectivity index (χ1v) is 7.32. The molecule has 0 spiro atoms. The Morgan fingerprint density at radius 3 is 2.67 bits per heavy atom. The molecular weight excluding hydrogens is 311 g/mol. The van der Waals surface area contributed by atoms with Crippen LogP contribution in [0.5, 0.6) is 0 Å². The number of rotatable bonds is 2. The van der Waals surface area contributed by atoms with Crippen LogP contribution in [0.3, 0.4) is 0 Å². The van der Waals surface area contributed by atoms with E-state index in [2.05, 4.69) is 9.97 Å². The highest BCUT2D eigenvalue weighted by atomic mass is 35.5. The van der Waals surface area contributed by atoms with Gasteiger partial charge in [-0.25, -0.2) is 14.3 Å². The van der Waals surface area contributed by atoms with Crippen molar-refractivity contribution in [2.75, 3.05) is 0 Å². The first-order chi connectivity index (χ1) is 10.1. The molecule has 21 heavy (non-hydrogen) atoms. The highest BCUT2D eigenvalue weighted by Crippen LogP contribution is 2.37. The van der Waals surface area contributed by atoms with Gasteiger partial charge in [0, 0.05) is 23.3 Å². The van der Waals surface area contributed by atoms with E-state index in [4.69, 9.17) is 23.2 Å². The monoisotopic (exact) mass is 320 g/mol. The minimum atomic E-state index is -0.121. The number of imidazole rings is 1. The first kappa shape index (κ1) is 12.9. The van der Waals surface area contributed by atoms with Crippen LogP contribution in [0.25, 0.3) is 16.9 Å². The highest BCUT2D eigenvalue weighted by molar-refractivity contribution is 6.31. The van der Waals surface area contributed by atoms with Gasteiger partial charge in [0.25, 0.3) is 0 Å². The summed E-state index contributed by atoms with van der Waals surface area (Å²) in [4.78, 5) is 20.8. The largest absolute Gasteiger partial charge is 0.335 e. The molecule has 2 aromatic heterocycles. The molecule has 5 nitrogen and oxygen atoms in total. The van der Waals surface area contributed by atoms with E-state index in [1.54, 1.807) is 21.3 Å². The lowest BCUT2D eigenvalue weighted by Crippen LogP contribution is -2.23. The van der Waals surface area contributed by atoms with Gasteiger partial charge in [0.15, 0.2) is 0 Å². The Hall–Kier alpha value is -1.85. The van der Waals surface area contributed by atoms with Gasteiger partial charge < -0.3 is 0 Å². The predicted octanol–water partition coefficient (Wildman–Crippen LogP) is 3.22. The fourth-order valence-corrected chi connectivity index (χ4v) is 2.86. The van der Waals surface area contributed by atoms with Crippen molar-refractivity contribution in [2.24, 2.45) is 0 Å². The van der Waals surface area contributed by atoms with Crippen LogP contribution in [0, 0.1) is 0 Å². The third-order valence-corrected chi connectivity index (χ3v) is 4.01. The van der Waals surface area contributed by atoms with E-state index in [0.717, 1.165) is 23.9 Å². The van der Waals surface area contributed by atoms with Crippen LogP contribution in [0.1, 0.15) is 18.9 Å². The van der Waals surface area contributed by atoms with Gasteiger partial charge in [-0.05, 0) is 42.6 Å². The molecule has 0 radical (unpaired) electrons. The second-order valence-corrected chi connectivity index (χ2v) is 5.81. The molecule has 1 saturated carbocycles. The molecule has 0 atom stereocenters. The van der Waals surface area contributed by atoms with Gasteiger partial charge in [0.2, 0.25) is 5.28 Å². The second-order valence-electron chi connectivity index (χ2n) is 5.04. The lowest BCUT2D eigenvalue weighted by atomic mass is 10.3. The number of hydrogen-bond acceptors (Lipinski definition) is 3. The third kappa shape index (κ3) is 2.04. The average Bonchev–Trinajstić information content (AvgIpc) is 3.23. The van der Waals surface area contributed by atoms with Crippen LogP contribution < -0.4 is 5.69 Å². The standard InChI is InChI=1S/C14H10Cl2N4O/c15-8-1-4-10-11(7-8)19(9-2-3-9)14(21)20(10)12-5-6-17-13(16)18-12/h1,4-7,9H,2-3H2. The maximum atomic E-state index is 12.8. The number of benzene rings is 1. The maximum Gasteiger partial charge on any atom is 0.335 e. The summed E-state index contributed by atoms with van der Waals surface area (Å²) in [6.45, 7) is 0. The van der Waals surface area contributed by atoms with Crippen LogP contribution >= 0.6 is 23.2 Å². The summed E-state index contributed by atoms with van der Waals surface area (Å²) in [7, 11) is 0. The van der Waals surface area contributed by atoms with Gasteiger partial charge in [-0.1, -0.05) is 11.6 Å². The number of nitrogens with zero attached hydrogens (tertiary/aromatic N) is 4. The van der Waals surface area contributed by atoms with Crippen molar-refractivity contribution in [3.05, 3.63) is 51.3 Å². The Labute approximate surface area is 129 Å². The summed E-state index contributed by atoms with van der Waals surface area (Å²) < 4.78 is 3.34. The van der Waals surface area contributed by atoms with Crippen molar-refractivity contribution >= 4 is 34.2 Å². The van der Waals surface area contributed by atoms with Crippen molar-refractivity contribution in [3.8, 4) is 5.82 Å². The molecule has 0 aliphatic heterocycles. The fraction of sp³-hybridized carbons (Fsp3) is 0.214. The normalized spacial score (nSPS) is 14.8. The van der Waals surface area contributed by atoms with E-state index in [1.807, 2.05) is 12.1 Å². The Morgan fingerprint density at radius 2 is 1.95 bits per heavy atom. The van der Waals surface area contributed by atoms with Crippen molar-refractivity contribution in [1.29, 1.82) is 0 Å². The molecule has 106 valence electrons. The third-order valence-electron chi connectivity index (χ3n) is 3.59. The molecule has 7 heteroatoms. The SMILES string of the molecule is O=c1n(-c2ccnc(Cl)n2)c2ccc(Cl)cc2n1C1CC1. The average molecular weight is 321 g/mol. The van der Waals surface area contributed by atoms with E-state index in [1.165, 1.54) is 6.20 Å². The van der Waals surface area contributed by atoms with Gasteiger partial charge in [-0.3, -0.25) is 4.57 Å². The smallest absolute Gasteiger partial charge is 0.288 e. The summed E-state index contributed by atoms with van der Waals surface area (Å²) in [5.74, 6) is 0.465. The van der Waals surface area contributed by atoms with Crippen molar-refractivity contribution in [1.82, 2.24) is 19.1 Å². The Balaban J connectivity index is 2.09. The zero-order chi connectivity index (χ0) is 14.6. The molecule has 0 bridgehead atoms. The molecule has 0 saturated heterocycles. The molecule has 1 aliphatic carbocycles. The van der Waals surface area contributed by atoms with Crippen LogP contribution in [0.15, 0.2) is 35.3 Å². The Morgan fingerprint density at radius 1 is 1.14 bits per heavy atom. The van der Waals surface area contributed by atoms with Gasteiger partial charge in [0.1, 0.15) is 5.82 Å². The number of hydrogen-bond donors (Lipinski definition) is 0. The van der Waals surface area contributed by atoms with Crippen molar-refractivity contribution < 1.29 is 0 Å². The van der Waals surface area contributed by atoms with Gasteiger partial charge >= 0.3 is 5.69 Å². The Kier molecular flexibility index (Phi) is 2.80. The summed E-state index contributed by atoms with van der Waals surface area (Å²) in [6.07, 6.45) is 3.56. The lowest BCUT2D eigenvalue weighted by molar-refractivity contribution is 0.712. The first-order valence-electron chi connectivity index (χ1n) is 6.56. The molecule has 0 N–H and O–H groups in total. The van der Waals surface area contributed by atoms with Crippen LogP contribution in [-0.2, 0) is 0 Å². The van der Waals surface area contributed by atoms with E-state index in [9.17, 15) is 4.79 Å². The summed E-state index contributed by atoms with van der Waals surface area (Å²) in [6, 6.07) is 7.32. The predicted molar refractivity (Wildman–Crippen MR) is 81.4 cm³/mol. The lowest BCUT2D eigenvalue weighted by Gasteiger charge is -2.01. The van der Waals surface area contributed by atoms with Crippen LogP contribution in [0.2, 0.25) is 10.3 Å². The molecule has 4 rings (SSSR count). The summed E-state index contributed by atoms with van der Waals surface area (Å²) in [5, 5.41) is 0.718. The highest BCUT2D eigenvalue weighted by Gasteiger charge is 2.29. The minimum Gasteiger partial charge on any atom is -0.288 e. The Bertz CT molecular complexity index is 911. The van der Waals surface area contributed by atoms with E-state index < -0.39 is 0 Å². The van der Waals surface area contributed by atoms with Crippen molar-refractivity contribution in [2.45, 2.75) is 18.9 Å². The van der Waals surface area contributed by atoms with Crippen LogP contribution in [0.4, 0.5) is 0 Å². The fourth-order valence-electron chi connectivity index (χ4n) is 2.55. The molecular formula is C14H10Cl2N4O. The quantitative estimate of drug-likeness (QED) is 0.681. The summed E-state index contributed by atoms with van der Waals surface area (Å²) >= 11 is 11.9. The molecule has 1 aliphatic rings. The molecule has 2 heterocycles. The van der Waals surface area contributed by atoms with E-state index in [-0.39, 0.29) is 17.0 Å². The molecule has 3 aromatic rings. The molecule has 1 aromatic carbocycles. The zero-order valence-corrected chi connectivity index (χ0v) is 12.3. The number of fused-ring (bicyclic) bond motifs is 1. The van der Waals surface area contributed by atoms with E-state index in [0.29, 0.717) is 10.8 Å². The van der Waals surface area contributed by atoms with E-state index >= 15 is 0 Å². The van der Waals surface area contributed by atoms with Gasteiger partial charge in [0.05, 0.1) is 11.0 Å². The molecule has 0 amide bonds. The molecule has 1 fully saturated rings. The topological polar surface area (TPSA) is 52.7 Å². The zero-order valence-electron chi connectivity index (χ0n) is 10.8.